The molecular formula is C15H30N2O. The van der Waals surface area contributed by atoms with Crippen LogP contribution in [0.3, 0.4) is 0 Å². The van der Waals surface area contributed by atoms with E-state index in [0.717, 1.165) is 18.9 Å². The van der Waals surface area contributed by atoms with Crippen molar-refractivity contribution < 1.29 is 5.11 Å². The lowest BCUT2D eigenvalue weighted by atomic mass is 9.98. The van der Waals surface area contributed by atoms with Gasteiger partial charge in [0.05, 0.1) is 6.61 Å². The molecule has 2 fully saturated rings. The van der Waals surface area contributed by atoms with Crippen LogP contribution in [0, 0.1) is 5.92 Å². The van der Waals surface area contributed by atoms with Crippen LogP contribution in [-0.4, -0.2) is 47.3 Å². The molecule has 2 N–H and O–H groups in total. The van der Waals surface area contributed by atoms with Crippen LogP contribution in [-0.2, 0) is 0 Å². The van der Waals surface area contributed by atoms with Crippen LogP contribution in [0.25, 0.3) is 0 Å². The van der Waals surface area contributed by atoms with Crippen molar-refractivity contribution in [2.24, 2.45) is 5.92 Å². The molecule has 3 heteroatoms. The van der Waals surface area contributed by atoms with E-state index in [-0.39, 0.29) is 12.1 Å². The Morgan fingerprint density at radius 3 is 2.39 bits per heavy atom. The molecule has 0 amide bonds. The van der Waals surface area contributed by atoms with E-state index in [0.29, 0.717) is 12.1 Å². The number of nitrogens with zero attached hydrogens (tertiary/aromatic N) is 1. The van der Waals surface area contributed by atoms with Crippen LogP contribution >= 0.6 is 0 Å². The van der Waals surface area contributed by atoms with E-state index < -0.39 is 0 Å². The van der Waals surface area contributed by atoms with Crippen LogP contribution < -0.4 is 5.32 Å². The third-order valence-electron chi connectivity index (χ3n) is 4.35. The van der Waals surface area contributed by atoms with Gasteiger partial charge in [-0.1, -0.05) is 0 Å². The van der Waals surface area contributed by atoms with Gasteiger partial charge in [0.1, 0.15) is 0 Å². The fraction of sp³-hybridized carbons (Fsp3) is 1.00. The highest BCUT2D eigenvalue weighted by molar-refractivity contribution is 4.93. The summed E-state index contributed by atoms with van der Waals surface area (Å²) in [6.45, 7) is 9.34. The predicted octanol–water partition coefficient (Wildman–Crippen LogP) is 2.00. The standard InChI is InChI=1S/C15H30N2O/c1-12(2)17(10-13-4-5-13)9-8-15(3,11-18)16-14-6-7-14/h12-14,16,18H,4-11H2,1-3H3. The van der Waals surface area contributed by atoms with E-state index in [1.54, 1.807) is 0 Å². The third-order valence-corrected chi connectivity index (χ3v) is 4.35. The minimum atomic E-state index is -0.0855. The average molecular weight is 254 g/mol. The SMILES string of the molecule is CC(C)N(CCC(C)(CO)NC1CC1)CC1CC1. The summed E-state index contributed by atoms with van der Waals surface area (Å²) in [5.74, 6) is 0.948. The van der Waals surface area contributed by atoms with Gasteiger partial charge in [-0.25, -0.2) is 0 Å². The van der Waals surface area contributed by atoms with Crippen molar-refractivity contribution in [2.45, 2.75) is 70.5 Å². The Hall–Kier alpha value is -0.120. The number of aliphatic hydroxyl groups excluding tert-OH is 1. The summed E-state index contributed by atoms with van der Waals surface area (Å²) in [6.07, 6.45) is 6.45. The second-order valence-corrected chi connectivity index (χ2v) is 6.92. The lowest BCUT2D eigenvalue weighted by molar-refractivity contribution is 0.130. The molecule has 18 heavy (non-hydrogen) atoms. The highest BCUT2D eigenvalue weighted by Gasteiger charge is 2.33. The number of hydrogen-bond donors (Lipinski definition) is 2. The van der Waals surface area contributed by atoms with E-state index in [9.17, 15) is 5.11 Å². The van der Waals surface area contributed by atoms with Gasteiger partial charge < -0.3 is 15.3 Å². The molecule has 3 nitrogen and oxygen atoms in total. The van der Waals surface area contributed by atoms with Crippen molar-refractivity contribution in [2.75, 3.05) is 19.7 Å². The van der Waals surface area contributed by atoms with E-state index in [2.05, 4.69) is 31.0 Å². The first-order chi connectivity index (χ1) is 8.52. The van der Waals surface area contributed by atoms with Gasteiger partial charge in [-0.2, -0.15) is 0 Å². The van der Waals surface area contributed by atoms with Crippen LogP contribution in [0.4, 0.5) is 0 Å². The summed E-state index contributed by atoms with van der Waals surface area (Å²) >= 11 is 0. The number of aliphatic hydroxyl groups is 1. The highest BCUT2D eigenvalue weighted by Crippen LogP contribution is 2.31. The molecule has 1 unspecified atom stereocenters. The Balaban J connectivity index is 1.77. The molecule has 0 bridgehead atoms. The molecule has 0 heterocycles. The summed E-state index contributed by atoms with van der Waals surface area (Å²) < 4.78 is 0. The first kappa shape index (κ1) is 14.3. The lowest BCUT2D eigenvalue weighted by Crippen LogP contribution is -2.49. The minimum absolute atomic E-state index is 0.0855. The maximum atomic E-state index is 9.63. The van der Waals surface area contributed by atoms with Crippen molar-refractivity contribution in [1.29, 1.82) is 0 Å². The second kappa shape index (κ2) is 5.89. The van der Waals surface area contributed by atoms with Gasteiger partial charge in [-0.15, -0.1) is 0 Å². The van der Waals surface area contributed by atoms with Crippen LogP contribution in [0.15, 0.2) is 0 Å². The van der Waals surface area contributed by atoms with Crippen LogP contribution in [0.5, 0.6) is 0 Å². The van der Waals surface area contributed by atoms with Gasteiger partial charge >= 0.3 is 0 Å². The third kappa shape index (κ3) is 4.52. The molecule has 2 rings (SSSR count). The molecule has 2 aliphatic rings. The molecule has 0 aromatic rings. The summed E-state index contributed by atoms with van der Waals surface area (Å²) in [5, 5.41) is 13.2. The average Bonchev–Trinajstić information content (AvgIpc) is 3.19. The molecule has 0 aromatic heterocycles. The Morgan fingerprint density at radius 1 is 1.28 bits per heavy atom. The normalized spacial score (nSPS) is 23.7. The number of nitrogens with one attached hydrogen (secondary N) is 1. The van der Waals surface area contributed by atoms with Gasteiger partial charge in [0.15, 0.2) is 0 Å². The zero-order valence-electron chi connectivity index (χ0n) is 12.3. The molecule has 0 aliphatic heterocycles. The number of rotatable bonds is 9. The molecule has 106 valence electrons. The van der Waals surface area contributed by atoms with Gasteiger partial charge in [0.25, 0.3) is 0 Å². The molecule has 0 radical (unpaired) electrons. The van der Waals surface area contributed by atoms with Crippen LogP contribution in [0.1, 0.15) is 52.9 Å². The summed E-state index contributed by atoms with van der Waals surface area (Å²) in [4.78, 5) is 2.58. The summed E-state index contributed by atoms with van der Waals surface area (Å²) in [7, 11) is 0. The van der Waals surface area contributed by atoms with Crippen molar-refractivity contribution >= 4 is 0 Å². The molecule has 0 saturated heterocycles. The number of hydrogen-bond acceptors (Lipinski definition) is 3. The van der Waals surface area contributed by atoms with E-state index in [1.807, 2.05) is 0 Å². The molecular weight excluding hydrogens is 224 g/mol. The molecule has 0 aromatic carbocycles. The largest absolute Gasteiger partial charge is 0.394 e. The minimum Gasteiger partial charge on any atom is -0.394 e. The Labute approximate surface area is 112 Å². The van der Waals surface area contributed by atoms with Gasteiger partial charge in [-0.3, -0.25) is 0 Å². The quantitative estimate of drug-likeness (QED) is 0.660. The van der Waals surface area contributed by atoms with Crippen molar-refractivity contribution in [3.8, 4) is 0 Å². The molecule has 2 aliphatic carbocycles. The topological polar surface area (TPSA) is 35.5 Å². The van der Waals surface area contributed by atoms with Gasteiger partial charge in [0.2, 0.25) is 0 Å². The monoisotopic (exact) mass is 254 g/mol. The zero-order chi connectivity index (χ0) is 13.2. The van der Waals surface area contributed by atoms with Crippen LogP contribution in [0.2, 0.25) is 0 Å². The lowest BCUT2D eigenvalue weighted by Gasteiger charge is -2.34. The Bertz CT molecular complexity index is 261. The van der Waals surface area contributed by atoms with Crippen molar-refractivity contribution in [1.82, 2.24) is 10.2 Å². The van der Waals surface area contributed by atoms with E-state index in [1.165, 1.54) is 32.2 Å². The Morgan fingerprint density at radius 2 is 1.94 bits per heavy atom. The Kier molecular flexibility index (Phi) is 4.68. The molecule has 0 spiro atoms. The smallest absolute Gasteiger partial charge is 0.0611 e. The predicted molar refractivity (Wildman–Crippen MR) is 75.7 cm³/mol. The molecule has 1 atom stereocenters. The second-order valence-electron chi connectivity index (χ2n) is 6.92. The zero-order valence-corrected chi connectivity index (χ0v) is 12.3. The maximum Gasteiger partial charge on any atom is 0.0611 e. The van der Waals surface area contributed by atoms with E-state index >= 15 is 0 Å². The first-order valence-corrected chi connectivity index (χ1v) is 7.65. The molecule has 2 saturated carbocycles. The first-order valence-electron chi connectivity index (χ1n) is 7.65. The maximum absolute atomic E-state index is 9.63. The summed E-state index contributed by atoms with van der Waals surface area (Å²) in [5.41, 5.74) is -0.0855. The van der Waals surface area contributed by atoms with Gasteiger partial charge in [0, 0.05) is 30.7 Å². The highest BCUT2D eigenvalue weighted by atomic mass is 16.3. The van der Waals surface area contributed by atoms with E-state index in [4.69, 9.17) is 0 Å². The summed E-state index contributed by atoms with van der Waals surface area (Å²) in [6, 6.07) is 1.28. The van der Waals surface area contributed by atoms with Crippen molar-refractivity contribution in [3.63, 3.8) is 0 Å². The van der Waals surface area contributed by atoms with Crippen molar-refractivity contribution in [3.05, 3.63) is 0 Å². The van der Waals surface area contributed by atoms with Gasteiger partial charge in [-0.05, 0) is 58.8 Å². The fourth-order valence-corrected chi connectivity index (χ4v) is 2.50. The fourth-order valence-electron chi connectivity index (χ4n) is 2.50.